The summed E-state index contributed by atoms with van der Waals surface area (Å²) in [6.45, 7) is 0.962. The standard InChI is InChI=1S/C11H13N2O3/c12-6-5-8-9-2-1-7-16-11(9)4-3-10(8)13(14)15/h1,3-4H,2,5-7,12H2. The van der Waals surface area contributed by atoms with Gasteiger partial charge in [-0.25, -0.2) is 0 Å². The Labute approximate surface area is 93.4 Å². The van der Waals surface area contributed by atoms with Crippen molar-refractivity contribution in [1.29, 1.82) is 0 Å². The first-order valence-corrected chi connectivity index (χ1v) is 5.17. The number of hydrogen-bond donors (Lipinski definition) is 1. The second-order valence-electron chi connectivity index (χ2n) is 3.64. The number of nitro benzene ring substituents is 1. The lowest BCUT2D eigenvalue weighted by molar-refractivity contribution is -0.385. The fourth-order valence-electron chi connectivity index (χ4n) is 1.96. The van der Waals surface area contributed by atoms with Crippen LogP contribution in [0.3, 0.4) is 0 Å². The summed E-state index contributed by atoms with van der Waals surface area (Å²) < 4.78 is 5.43. The number of fused-ring (bicyclic) bond motifs is 1. The molecule has 0 atom stereocenters. The van der Waals surface area contributed by atoms with Gasteiger partial charge in [-0.3, -0.25) is 10.1 Å². The fraction of sp³-hybridized carbons (Fsp3) is 0.364. The van der Waals surface area contributed by atoms with E-state index in [1.807, 2.05) is 6.42 Å². The minimum Gasteiger partial charge on any atom is -0.493 e. The van der Waals surface area contributed by atoms with Crippen molar-refractivity contribution >= 4 is 5.69 Å². The minimum atomic E-state index is -0.361. The van der Waals surface area contributed by atoms with Crippen LogP contribution in [0.25, 0.3) is 0 Å². The largest absolute Gasteiger partial charge is 0.493 e. The van der Waals surface area contributed by atoms with Gasteiger partial charge in [0.25, 0.3) is 5.69 Å². The van der Waals surface area contributed by atoms with Gasteiger partial charge in [0.05, 0.1) is 11.5 Å². The fourth-order valence-corrected chi connectivity index (χ4v) is 1.96. The molecule has 1 aliphatic heterocycles. The van der Waals surface area contributed by atoms with E-state index in [-0.39, 0.29) is 10.6 Å². The van der Waals surface area contributed by atoms with Crippen molar-refractivity contribution < 1.29 is 9.66 Å². The minimum absolute atomic E-state index is 0.142. The highest BCUT2D eigenvalue weighted by molar-refractivity contribution is 5.54. The van der Waals surface area contributed by atoms with Crippen molar-refractivity contribution in [3.8, 4) is 5.75 Å². The van der Waals surface area contributed by atoms with E-state index in [2.05, 4.69) is 0 Å². The van der Waals surface area contributed by atoms with Crippen molar-refractivity contribution in [2.75, 3.05) is 13.2 Å². The van der Waals surface area contributed by atoms with E-state index in [1.54, 1.807) is 6.07 Å². The SMILES string of the molecule is NCCc1c([N+](=O)[O-])ccc2c1C[CH]CO2. The molecule has 5 nitrogen and oxygen atoms in total. The molecular formula is C11H13N2O3. The Morgan fingerprint density at radius 1 is 1.50 bits per heavy atom. The molecule has 16 heavy (non-hydrogen) atoms. The Kier molecular flexibility index (Phi) is 3.05. The predicted molar refractivity (Wildman–Crippen MR) is 59.4 cm³/mol. The molecule has 0 amide bonds. The van der Waals surface area contributed by atoms with Crippen molar-refractivity contribution in [3.05, 3.63) is 39.8 Å². The van der Waals surface area contributed by atoms with Crippen LogP contribution >= 0.6 is 0 Å². The molecule has 1 aromatic carbocycles. The molecule has 0 bridgehead atoms. The van der Waals surface area contributed by atoms with E-state index in [9.17, 15) is 10.1 Å². The zero-order valence-electron chi connectivity index (χ0n) is 8.81. The lowest BCUT2D eigenvalue weighted by Gasteiger charge is -2.19. The molecule has 2 N–H and O–H groups in total. The maximum Gasteiger partial charge on any atom is 0.273 e. The average molecular weight is 221 g/mol. The van der Waals surface area contributed by atoms with E-state index < -0.39 is 0 Å². The van der Waals surface area contributed by atoms with Gasteiger partial charge in [0.15, 0.2) is 0 Å². The van der Waals surface area contributed by atoms with Crippen LogP contribution in [0.5, 0.6) is 5.75 Å². The van der Waals surface area contributed by atoms with Gasteiger partial charge in [0.2, 0.25) is 0 Å². The summed E-state index contributed by atoms with van der Waals surface area (Å²) in [5.74, 6) is 0.747. The van der Waals surface area contributed by atoms with E-state index in [4.69, 9.17) is 10.5 Å². The Morgan fingerprint density at radius 2 is 2.31 bits per heavy atom. The summed E-state index contributed by atoms with van der Waals surface area (Å²) in [6, 6.07) is 3.16. The zero-order chi connectivity index (χ0) is 11.5. The number of hydrogen-bond acceptors (Lipinski definition) is 4. The molecule has 0 spiro atoms. The summed E-state index contributed by atoms with van der Waals surface area (Å²) in [6.07, 6.45) is 3.19. The molecule has 1 heterocycles. The van der Waals surface area contributed by atoms with Crippen LogP contribution in [-0.4, -0.2) is 18.1 Å². The summed E-state index contributed by atoms with van der Waals surface area (Å²) in [7, 11) is 0. The van der Waals surface area contributed by atoms with E-state index in [0.29, 0.717) is 31.6 Å². The lowest BCUT2D eigenvalue weighted by Crippen LogP contribution is -2.15. The lowest BCUT2D eigenvalue weighted by atomic mass is 9.96. The molecule has 0 saturated carbocycles. The first kappa shape index (κ1) is 10.9. The van der Waals surface area contributed by atoms with E-state index in [0.717, 1.165) is 11.3 Å². The molecule has 1 aromatic rings. The highest BCUT2D eigenvalue weighted by Gasteiger charge is 2.22. The van der Waals surface area contributed by atoms with Gasteiger partial charge in [0.1, 0.15) is 5.75 Å². The summed E-state index contributed by atoms with van der Waals surface area (Å²) in [5.41, 5.74) is 7.25. The maximum absolute atomic E-state index is 10.9. The third-order valence-electron chi connectivity index (χ3n) is 2.66. The number of benzene rings is 1. The first-order valence-electron chi connectivity index (χ1n) is 5.17. The number of nitrogens with zero attached hydrogens (tertiary/aromatic N) is 1. The quantitative estimate of drug-likeness (QED) is 0.615. The van der Waals surface area contributed by atoms with Crippen LogP contribution in [0.1, 0.15) is 11.1 Å². The van der Waals surface area contributed by atoms with E-state index >= 15 is 0 Å². The van der Waals surface area contributed by atoms with Crippen molar-refractivity contribution in [2.24, 2.45) is 5.73 Å². The Morgan fingerprint density at radius 3 is 3.00 bits per heavy atom. The van der Waals surface area contributed by atoms with Crippen LogP contribution in [0.4, 0.5) is 5.69 Å². The van der Waals surface area contributed by atoms with Crippen LogP contribution in [0.15, 0.2) is 12.1 Å². The number of ether oxygens (including phenoxy) is 1. The Hall–Kier alpha value is -1.62. The average Bonchev–Trinajstić information content (AvgIpc) is 2.29. The maximum atomic E-state index is 10.9. The van der Waals surface area contributed by atoms with Crippen LogP contribution < -0.4 is 10.5 Å². The highest BCUT2D eigenvalue weighted by Crippen LogP contribution is 2.33. The van der Waals surface area contributed by atoms with Crippen molar-refractivity contribution in [2.45, 2.75) is 12.8 Å². The molecule has 1 radical (unpaired) electrons. The van der Waals surface area contributed by atoms with Crippen LogP contribution in [-0.2, 0) is 12.8 Å². The van der Waals surface area contributed by atoms with Gasteiger partial charge in [-0.15, -0.1) is 0 Å². The summed E-state index contributed by atoms with van der Waals surface area (Å²) in [5, 5.41) is 10.9. The third-order valence-corrected chi connectivity index (χ3v) is 2.66. The number of nitro groups is 1. The molecule has 0 fully saturated rings. The summed E-state index contributed by atoms with van der Waals surface area (Å²) >= 11 is 0. The second kappa shape index (κ2) is 4.49. The smallest absolute Gasteiger partial charge is 0.273 e. The monoisotopic (exact) mass is 221 g/mol. The topological polar surface area (TPSA) is 78.4 Å². The molecule has 1 aliphatic rings. The molecule has 0 aromatic heterocycles. The normalized spacial score (nSPS) is 14.1. The Bertz CT molecular complexity index is 418. The first-order chi connectivity index (χ1) is 7.74. The molecule has 0 aliphatic carbocycles. The van der Waals surface area contributed by atoms with Gasteiger partial charge in [-0.1, -0.05) is 0 Å². The van der Waals surface area contributed by atoms with Gasteiger partial charge >= 0.3 is 0 Å². The highest BCUT2D eigenvalue weighted by atomic mass is 16.6. The third kappa shape index (κ3) is 1.86. The van der Waals surface area contributed by atoms with Gasteiger partial charge in [-0.2, -0.15) is 0 Å². The number of rotatable bonds is 3. The Balaban J connectivity index is 2.52. The van der Waals surface area contributed by atoms with Crippen molar-refractivity contribution in [1.82, 2.24) is 0 Å². The predicted octanol–water partition coefficient (Wildman–Crippen LogP) is 1.24. The van der Waals surface area contributed by atoms with Gasteiger partial charge in [-0.05, 0) is 25.5 Å². The van der Waals surface area contributed by atoms with Crippen molar-refractivity contribution in [3.63, 3.8) is 0 Å². The second-order valence-corrected chi connectivity index (χ2v) is 3.64. The molecule has 85 valence electrons. The van der Waals surface area contributed by atoms with Gasteiger partial charge in [0, 0.05) is 23.6 Å². The van der Waals surface area contributed by atoms with Gasteiger partial charge < -0.3 is 10.5 Å². The van der Waals surface area contributed by atoms with E-state index in [1.165, 1.54) is 6.07 Å². The number of nitrogens with two attached hydrogens (primary N) is 1. The molecule has 5 heteroatoms. The molecule has 0 saturated heterocycles. The molecule has 0 unspecified atom stereocenters. The van der Waals surface area contributed by atoms with Crippen LogP contribution in [0.2, 0.25) is 0 Å². The van der Waals surface area contributed by atoms with Crippen LogP contribution in [0, 0.1) is 16.5 Å². The molecule has 2 rings (SSSR count). The molecular weight excluding hydrogens is 208 g/mol. The summed E-state index contributed by atoms with van der Waals surface area (Å²) in [4.78, 5) is 10.5. The zero-order valence-corrected chi connectivity index (χ0v) is 8.81.